The molecule has 2 heterocycles. The molecule has 0 aliphatic rings. The van der Waals surface area contributed by atoms with Crippen LogP contribution in [-0.4, -0.2) is 27.6 Å². The van der Waals surface area contributed by atoms with Gasteiger partial charge in [-0.3, -0.25) is 4.79 Å². The topological polar surface area (TPSA) is 83.8 Å². The van der Waals surface area contributed by atoms with Crippen LogP contribution in [0.15, 0.2) is 59.3 Å². The Morgan fingerprint density at radius 3 is 2.81 bits per heavy atom. The summed E-state index contributed by atoms with van der Waals surface area (Å²) < 4.78 is 18.0. The Morgan fingerprint density at radius 2 is 1.96 bits per heavy atom. The van der Waals surface area contributed by atoms with Crippen LogP contribution in [0.2, 0.25) is 0 Å². The smallest absolute Gasteiger partial charge is 0.316 e. The quantitative estimate of drug-likeness (QED) is 0.578. The van der Waals surface area contributed by atoms with E-state index in [1.54, 1.807) is 0 Å². The Hall–Kier alpha value is -3.48. The molecule has 2 aromatic heterocycles. The van der Waals surface area contributed by atoms with Gasteiger partial charge in [0.1, 0.15) is 5.82 Å². The molecule has 0 saturated carbocycles. The van der Waals surface area contributed by atoms with E-state index >= 15 is 0 Å². The molecule has 0 saturated heterocycles. The van der Waals surface area contributed by atoms with Gasteiger partial charge in [-0.25, -0.2) is 4.39 Å². The minimum atomic E-state index is -0.439. The van der Waals surface area contributed by atoms with Crippen LogP contribution in [0.3, 0.4) is 0 Å². The SMILES string of the molecule is O=C(NCCc1c[nH]c2ccccc12)c1nc(-c2ccc(F)cc2)no1. The Bertz CT molecular complexity index is 1050. The average molecular weight is 350 g/mol. The predicted octanol–water partition coefficient (Wildman–Crippen LogP) is 3.33. The summed E-state index contributed by atoms with van der Waals surface area (Å²) in [4.78, 5) is 19.4. The monoisotopic (exact) mass is 350 g/mol. The van der Waals surface area contributed by atoms with Crippen molar-refractivity contribution in [3.8, 4) is 11.4 Å². The molecule has 0 radical (unpaired) electrons. The number of amides is 1. The van der Waals surface area contributed by atoms with Gasteiger partial charge in [-0.15, -0.1) is 0 Å². The van der Waals surface area contributed by atoms with Crippen molar-refractivity contribution in [2.75, 3.05) is 6.54 Å². The number of hydrogen-bond donors (Lipinski definition) is 2. The molecule has 4 aromatic rings. The largest absolute Gasteiger partial charge is 0.361 e. The van der Waals surface area contributed by atoms with Gasteiger partial charge >= 0.3 is 11.8 Å². The summed E-state index contributed by atoms with van der Waals surface area (Å²) in [5.41, 5.74) is 2.76. The number of para-hydroxylation sites is 1. The van der Waals surface area contributed by atoms with E-state index in [-0.39, 0.29) is 17.5 Å². The molecule has 0 fully saturated rings. The number of halogens is 1. The van der Waals surface area contributed by atoms with Crippen LogP contribution in [-0.2, 0) is 6.42 Å². The fraction of sp³-hybridized carbons (Fsp3) is 0.105. The number of fused-ring (bicyclic) bond motifs is 1. The number of rotatable bonds is 5. The zero-order valence-corrected chi connectivity index (χ0v) is 13.7. The van der Waals surface area contributed by atoms with E-state index in [1.165, 1.54) is 24.3 Å². The second-order valence-electron chi connectivity index (χ2n) is 5.80. The van der Waals surface area contributed by atoms with E-state index in [0.717, 1.165) is 16.5 Å². The number of H-pyrrole nitrogens is 1. The van der Waals surface area contributed by atoms with Crippen molar-refractivity contribution in [1.29, 1.82) is 0 Å². The molecule has 0 unspecified atom stereocenters. The molecule has 0 spiro atoms. The highest BCUT2D eigenvalue weighted by molar-refractivity contribution is 5.90. The van der Waals surface area contributed by atoms with Gasteiger partial charge in [0.2, 0.25) is 5.82 Å². The summed E-state index contributed by atoms with van der Waals surface area (Å²) in [5, 5.41) is 7.67. The standard InChI is InChI=1S/C19H15FN4O2/c20-14-7-5-12(6-8-14)17-23-19(26-24-17)18(25)21-10-9-13-11-22-16-4-2-1-3-15(13)16/h1-8,11,22H,9-10H2,(H,21,25). The van der Waals surface area contributed by atoms with E-state index in [4.69, 9.17) is 4.52 Å². The molecule has 0 atom stereocenters. The first-order valence-corrected chi connectivity index (χ1v) is 8.13. The van der Waals surface area contributed by atoms with Crippen LogP contribution < -0.4 is 5.32 Å². The first-order valence-electron chi connectivity index (χ1n) is 8.13. The lowest BCUT2D eigenvalue weighted by atomic mass is 10.1. The van der Waals surface area contributed by atoms with E-state index in [2.05, 4.69) is 20.4 Å². The Kier molecular flexibility index (Phi) is 4.18. The Morgan fingerprint density at radius 1 is 1.15 bits per heavy atom. The number of carbonyl (C=O) groups is 1. The summed E-state index contributed by atoms with van der Waals surface area (Å²) >= 11 is 0. The molecule has 0 aliphatic heterocycles. The molecule has 2 aromatic carbocycles. The van der Waals surface area contributed by atoms with Crippen LogP contribution in [0.1, 0.15) is 16.2 Å². The number of carbonyl (C=O) groups excluding carboxylic acids is 1. The number of nitrogens with zero attached hydrogens (tertiary/aromatic N) is 2. The molecule has 0 bridgehead atoms. The van der Waals surface area contributed by atoms with Gasteiger partial charge in [-0.2, -0.15) is 4.98 Å². The normalized spacial score (nSPS) is 11.0. The lowest BCUT2D eigenvalue weighted by Crippen LogP contribution is -2.25. The fourth-order valence-electron chi connectivity index (χ4n) is 2.76. The molecule has 4 rings (SSSR count). The van der Waals surface area contributed by atoms with Gasteiger partial charge in [0.15, 0.2) is 0 Å². The van der Waals surface area contributed by atoms with Crippen LogP contribution in [0.25, 0.3) is 22.3 Å². The van der Waals surface area contributed by atoms with Crippen LogP contribution >= 0.6 is 0 Å². The zero-order chi connectivity index (χ0) is 17.9. The van der Waals surface area contributed by atoms with Crippen molar-refractivity contribution in [3.05, 3.63) is 72.0 Å². The van der Waals surface area contributed by atoms with E-state index < -0.39 is 5.91 Å². The van der Waals surface area contributed by atoms with Crippen molar-refractivity contribution in [1.82, 2.24) is 20.4 Å². The zero-order valence-electron chi connectivity index (χ0n) is 13.7. The van der Waals surface area contributed by atoms with Crippen LogP contribution in [0.4, 0.5) is 4.39 Å². The number of benzene rings is 2. The van der Waals surface area contributed by atoms with E-state index in [9.17, 15) is 9.18 Å². The third-order valence-electron chi connectivity index (χ3n) is 4.08. The lowest BCUT2D eigenvalue weighted by Gasteiger charge is -2.01. The highest BCUT2D eigenvalue weighted by atomic mass is 19.1. The molecule has 6 nitrogen and oxygen atoms in total. The Balaban J connectivity index is 1.39. The number of aromatic amines is 1. The number of nitrogens with one attached hydrogen (secondary N) is 2. The molecule has 130 valence electrons. The molecular formula is C19H15FN4O2. The maximum atomic E-state index is 13.0. The van der Waals surface area contributed by atoms with Crippen LogP contribution in [0, 0.1) is 5.82 Å². The van der Waals surface area contributed by atoms with E-state index in [1.807, 2.05) is 30.5 Å². The maximum absolute atomic E-state index is 13.0. The van der Waals surface area contributed by atoms with Gasteiger partial charge in [0.05, 0.1) is 0 Å². The van der Waals surface area contributed by atoms with Gasteiger partial charge in [-0.05, 0) is 42.3 Å². The molecule has 0 aliphatic carbocycles. The highest BCUT2D eigenvalue weighted by Gasteiger charge is 2.16. The van der Waals surface area contributed by atoms with Gasteiger partial charge in [-0.1, -0.05) is 23.4 Å². The minimum Gasteiger partial charge on any atom is -0.361 e. The molecule has 7 heteroatoms. The molecule has 26 heavy (non-hydrogen) atoms. The predicted molar refractivity (Wildman–Crippen MR) is 94.0 cm³/mol. The third-order valence-corrected chi connectivity index (χ3v) is 4.08. The second kappa shape index (κ2) is 6.79. The molecule has 1 amide bonds. The summed E-state index contributed by atoms with van der Waals surface area (Å²) in [5.74, 6) is -0.673. The van der Waals surface area contributed by atoms with Crippen molar-refractivity contribution in [2.24, 2.45) is 0 Å². The summed E-state index contributed by atoms with van der Waals surface area (Å²) in [7, 11) is 0. The summed E-state index contributed by atoms with van der Waals surface area (Å²) in [6.07, 6.45) is 2.62. The first-order chi connectivity index (χ1) is 12.7. The number of hydrogen-bond acceptors (Lipinski definition) is 4. The molecular weight excluding hydrogens is 335 g/mol. The first kappa shape index (κ1) is 16.0. The summed E-state index contributed by atoms with van der Waals surface area (Å²) in [6, 6.07) is 13.6. The maximum Gasteiger partial charge on any atom is 0.316 e. The van der Waals surface area contributed by atoms with Crippen molar-refractivity contribution >= 4 is 16.8 Å². The van der Waals surface area contributed by atoms with Crippen molar-refractivity contribution < 1.29 is 13.7 Å². The molecule has 2 N–H and O–H groups in total. The van der Waals surface area contributed by atoms with Crippen molar-refractivity contribution in [3.63, 3.8) is 0 Å². The number of aromatic nitrogens is 3. The van der Waals surface area contributed by atoms with Crippen LogP contribution in [0.5, 0.6) is 0 Å². The Labute approximate surface area is 148 Å². The van der Waals surface area contributed by atoms with Gasteiger partial charge < -0.3 is 14.8 Å². The highest BCUT2D eigenvalue weighted by Crippen LogP contribution is 2.18. The third kappa shape index (κ3) is 3.19. The second-order valence-corrected chi connectivity index (χ2v) is 5.80. The minimum absolute atomic E-state index is 0.122. The fourth-order valence-corrected chi connectivity index (χ4v) is 2.76. The van der Waals surface area contributed by atoms with E-state index in [0.29, 0.717) is 18.5 Å². The van der Waals surface area contributed by atoms with Gasteiger partial charge in [0, 0.05) is 29.2 Å². The lowest BCUT2D eigenvalue weighted by molar-refractivity contribution is 0.0910. The average Bonchev–Trinajstić information content (AvgIpc) is 3.30. The van der Waals surface area contributed by atoms with Crippen molar-refractivity contribution in [2.45, 2.75) is 6.42 Å². The van der Waals surface area contributed by atoms with Gasteiger partial charge in [0.25, 0.3) is 0 Å². The summed E-state index contributed by atoms with van der Waals surface area (Å²) in [6.45, 7) is 0.439.